The number of benzene rings is 8. The predicted octanol–water partition coefficient (Wildman–Crippen LogP) is 14.3. The fourth-order valence-electron chi connectivity index (χ4n) is 7.62. The Labute approximate surface area is 314 Å². The summed E-state index contributed by atoms with van der Waals surface area (Å²) in [6.45, 7) is 0. The highest BCUT2D eigenvalue weighted by Crippen LogP contribution is 2.55. The highest BCUT2D eigenvalue weighted by atomic mass is 32.2. The summed E-state index contributed by atoms with van der Waals surface area (Å²) < 4.78 is 0. The second kappa shape index (κ2) is 13.1. The van der Waals surface area contributed by atoms with Crippen molar-refractivity contribution in [2.45, 2.75) is 9.79 Å². The SMILES string of the molecule is c1ccc(N2c3ccccc3N(c3ccc(Sc4ccc(N5c6ccccc6N(c6ccccc6)c6ccccc65)cc4)cc3)c3ccccc32)cc1. The maximum atomic E-state index is 2.38. The van der Waals surface area contributed by atoms with Crippen molar-refractivity contribution in [3.05, 3.63) is 206 Å². The molecule has 2 heterocycles. The van der Waals surface area contributed by atoms with E-state index in [0.717, 1.165) is 68.2 Å². The van der Waals surface area contributed by atoms with Gasteiger partial charge in [-0.2, -0.15) is 0 Å². The normalized spacial score (nSPS) is 12.8. The van der Waals surface area contributed by atoms with Crippen LogP contribution in [0.4, 0.5) is 68.2 Å². The van der Waals surface area contributed by atoms with E-state index in [1.807, 2.05) is 0 Å². The van der Waals surface area contributed by atoms with Gasteiger partial charge in [0.05, 0.1) is 45.5 Å². The molecule has 5 heteroatoms. The van der Waals surface area contributed by atoms with Gasteiger partial charge in [-0.3, -0.25) is 0 Å². The van der Waals surface area contributed by atoms with Crippen molar-refractivity contribution in [3.63, 3.8) is 0 Å². The molecule has 0 saturated carbocycles. The molecule has 53 heavy (non-hydrogen) atoms. The van der Waals surface area contributed by atoms with Gasteiger partial charge in [-0.1, -0.05) is 96.7 Å². The lowest BCUT2D eigenvalue weighted by Gasteiger charge is -2.40. The van der Waals surface area contributed by atoms with E-state index in [2.05, 4.69) is 226 Å². The minimum Gasteiger partial charge on any atom is -0.306 e. The molecule has 4 nitrogen and oxygen atoms in total. The monoisotopic (exact) mass is 698 g/mol. The molecule has 8 aromatic rings. The van der Waals surface area contributed by atoms with Crippen LogP contribution in [0, 0.1) is 0 Å². The summed E-state index contributed by atoms with van der Waals surface area (Å²) in [6.07, 6.45) is 0. The Morgan fingerprint density at radius 1 is 0.208 bits per heavy atom. The second-order valence-electron chi connectivity index (χ2n) is 13.1. The zero-order chi connectivity index (χ0) is 35.1. The molecule has 0 saturated heterocycles. The molecule has 2 aliphatic heterocycles. The standard InChI is InChI=1S/C48H34N4S/c1-3-15-35(16-4-1)49-41-19-7-11-23-45(41)51(46-24-12-8-20-42(46)49)37-27-31-39(32-28-37)53-40-33-29-38(30-34-40)52-47-25-13-9-21-43(47)50(36-17-5-2-6-18-36)44-22-10-14-26-48(44)52/h1-34H. The van der Waals surface area contributed by atoms with Crippen LogP contribution in [0.3, 0.4) is 0 Å². The van der Waals surface area contributed by atoms with Gasteiger partial charge in [-0.25, -0.2) is 0 Å². The minimum absolute atomic E-state index is 1.13. The van der Waals surface area contributed by atoms with Crippen LogP contribution in [0.25, 0.3) is 0 Å². The van der Waals surface area contributed by atoms with Gasteiger partial charge in [0.15, 0.2) is 0 Å². The topological polar surface area (TPSA) is 13.0 Å². The molecule has 252 valence electrons. The lowest BCUT2D eigenvalue weighted by Crippen LogP contribution is -2.23. The van der Waals surface area contributed by atoms with E-state index >= 15 is 0 Å². The second-order valence-corrected chi connectivity index (χ2v) is 14.2. The van der Waals surface area contributed by atoms with E-state index in [9.17, 15) is 0 Å². The van der Waals surface area contributed by atoms with Crippen molar-refractivity contribution < 1.29 is 0 Å². The van der Waals surface area contributed by atoms with Crippen molar-refractivity contribution in [1.29, 1.82) is 0 Å². The highest BCUT2D eigenvalue weighted by molar-refractivity contribution is 7.99. The van der Waals surface area contributed by atoms with Crippen molar-refractivity contribution in [2.24, 2.45) is 0 Å². The van der Waals surface area contributed by atoms with Crippen LogP contribution in [0.2, 0.25) is 0 Å². The van der Waals surface area contributed by atoms with Gasteiger partial charge in [-0.15, -0.1) is 0 Å². The molecule has 0 N–H and O–H groups in total. The molecule has 10 rings (SSSR count). The number of nitrogens with zero attached hydrogens (tertiary/aromatic N) is 4. The number of fused-ring (bicyclic) bond motifs is 4. The fourth-order valence-corrected chi connectivity index (χ4v) is 8.43. The van der Waals surface area contributed by atoms with Gasteiger partial charge in [-0.05, 0) is 121 Å². The van der Waals surface area contributed by atoms with Gasteiger partial charge >= 0.3 is 0 Å². The zero-order valence-corrected chi connectivity index (χ0v) is 29.6. The number of anilines is 12. The maximum absolute atomic E-state index is 2.38. The maximum Gasteiger partial charge on any atom is 0.0703 e. The molecule has 0 amide bonds. The van der Waals surface area contributed by atoms with Crippen LogP contribution < -0.4 is 19.6 Å². The van der Waals surface area contributed by atoms with Gasteiger partial charge in [0.1, 0.15) is 0 Å². The molecule has 0 aromatic heterocycles. The fraction of sp³-hybridized carbons (Fsp3) is 0. The van der Waals surface area contributed by atoms with E-state index in [1.54, 1.807) is 11.8 Å². The third-order valence-electron chi connectivity index (χ3n) is 9.91. The summed E-state index contributed by atoms with van der Waals surface area (Å²) in [6, 6.07) is 73.8. The molecular formula is C48H34N4S. The van der Waals surface area contributed by atoms with Crippen LogP contribution in [-0.2, 0) is 0 Å². The van der Waals surface area contributed by atoms with E-state index in [4.69, 9.17) is 0 Å². The Balaban J connectivity index is 0.943. The molecule has 0 unspecified atom stereocenters. The number of hydrogen-bond acceptors (Lipinski definition) is 5. The van der Waals surface area contributed by atoms with Crippen LogP contribution in [0.15, 0.2) is 216 Å². The van der Waals surface area contributed by atoms with Crippen molar-refractivity contribution >= 4 is 80.0 Å². The van der Waals surface area contributed by atoms with Crippen molar-refractivity contribution in [2.75, 3.05) is 19.6 Å². The molecule has 0 radical (unpaired) electrons. The Kier molecular flexibility index (Phi) is 7.70. The summed E-state index contributed by atoms with van der Waals surface area (Å²) in [4.78, 5) is 11.8. The summed E-state index contributed by atoms with van der Waals surface area (Å²) in [5.41, 5.74) is 13.8. The molecular weight excluding hydrogens is 665 g/mol. The van der Waals surface area contributed by atoms with Crippen LogP contribution in [0.5, 0.6) is 0 Å². The smallest absolute Gasteiger partial charge is 0.0703 e. The third-order valence-corrected chi connectivity index (χ3v) is 10.9. The molecule has 0 fully saturated rings. The van der Waals surface area contributed by atoms with Crippen molar-refractivity contribution in [3.8, 4) is 0 Å². The molecule has 0 spiro atoms. The molecule has 0 bridgehead atoms. The first-order valence-electron chi connectivity index (χ1n) is 17.9. The van der Waals surface area contributed by atoms with E-state index in [0.29, 0.717) is 0 Å². The van der Waals surface area contributed by atoms with Gasteiger partial charge in [0.25, 0.3) is 0 Å². The number of hydrogen-bond donors (Lipinski definition) is 0. The van der Waals surface area contributed by atoms with Crippen molar-refractivity contribution in [1.82, 2.24) is 0 Å². The van der Waals surface area contributed by atoms with Gasteiger partial charge < -0.3 is 19.6 Å². The van der Waals surface area contributed by atoms with E-state index in [-0.39, 0.29) is 0 Å². The Bertz CT molecular complexity index is 2280. The van der Waals surface area contributed by atoms with Crippen LogP contribution >= 0.6 is 11.8 Å². The average Bonchev–Trinajstić information content (AvgIpc) is 3.23. The number of rotatable bonds is 6. The molecule has 8 aromatic carbocycles. The average molecular weight is 699 g/mol. The predicted molar refractivity (Wildman–Crippen MR) is 223 cm³/mol. The Morgan fingerprint density at radius 3 is 0.660 bits per heavy atom. The first-order valence-corrected chi connectivity index (χ1v) is 18.7. The minimum atomic E-state index is 1.13. The largest absolute Gasteiger partial charge is 0.306 e. The number of para-hydroxylation sites is 10. The molecule has 0 aliphatic carbocycles. The summed E-state index contributed by atoms with van der Waals surface area (Å²) >= 11 is 1.78. The first-order chi connectivity index (χ1) is 26.3. The summed E-state index contributed by atoms with van der Waals surface area (Å²) in [7, 11) is 0. The van der Waals surface area contributed by atoms with E-state index in [1.165, 1.54) is 9.79 Å². The molecule has 2 aliphatic rings. The molecule has 0 atom stereocenters. The third kappa shape index (κ3) is 5.41. The Hall–Kier alpha value is -6.69. The van der Waals surface area contributed by atoms with Gasteiger partial charge in [0.2, 0.25) is 0 Å². The zero-order valence-electron chi connectivity index (χ0n) is 28.8. The van der Waals surface area contributed by atoms with E-state index < -0.39 is 0 Å². The lowest BCUT2D eigenvalue weighted by molar-refractivity contribution is 1.16. The lowest BCUT2D eigenvalue weighted by atomic mass is 10.0. The van der Waals surface area contributed by atoms with Crippen LogP contribution in [0.1, 0.15) is 0 Å². The summed E-state index contributed by atoms with van der Waals surface area (Å²) in [5.74, 6) is 0. The highest BCUT2D eigenvalue weighted by Gasteiger charge is 2.31. The Morgan fingerprint density at radius 2 is 0.415 bits per heavy atom. The van der Waals surface area contributed by atoms with Crippen LogP contribution in [-0.4, -0.2) is 0 Å². The quantitative estimate of drug-likeness (QED) is 0.171. The first kappa shape index (κ1) is 31.1. The van der Waals surface area contributed by atoms with Gasteiger partial charge in [0, 0.05) is 32.5 Å². The summed E-state index contributed by atoms with van der Waals surface area (Å²) in [5, 5.41) is 0.